The van der Waals surface area contributed by atoms with Gasteiger partial charge in [0, 0.05) is 10.6 Å². The third kappa shape index (κ3) is 5.81. The Labute approximate surface area is 200 Å². The van der Waals surface area contributed by atoms with E-state index in [-0.39, 0.29) is 29.5 Å². The largest absolute Gasteiger partial charge is 0.456 e. The monoisotopic (exact) mass is 475 g/mol. The summed E-state index contributed by atoms with van der Waals surface area (Å²) < 4.78 is 5.07. The molecule has 0 radical (unpaired) electrons. The first-order chi connectivity index (χ1) is 16.5. The lowest BCUT2D eigenvalue weighted by Gasteiger charge is -2.23. The Morgan fingerprint density at radius 2 is 1.59 bits per heavy atom. The van der Waals surface area contributed by atoms with Crippen molar-refractivity contribution in [1.82, 2.24) is 0 Å². The van der Waals surface area contributed by atoms with E-state index in [4.69, 9.17) is 4.74 Å². The van der Waals surface area contributed by atoms with Crippen molar-refractivity contribution in [3.8, 4) is 0 Å². The molecule has 0 saturated heterocycles. The highest BCUT2D eigenvalue weighted by Crippen LogP contribution is 2.36. The first-order valence-corrected chi connectivity index (χ1v) is 11.3. The number of rotatable bonds is 7. The molecule has 0 unspecified atom stereocenters. The maximum Gasteiger partial charge on any atom is 0.307 e. The molecule has 3 N–H and O–H groups in total. The molecule has 1 aliphatic rings. The third-order valence-electron chi connectivity index (χ3n) is 4.90. The van der Waals surface area contributed by atoms with Gasteiger partial charge in [0.05, 0.1) is 28.6 Å². The van der Waals surface area contributed by atoms with Crippen molar-refractivity contribution in [2.45, 2.75) is 16.6 Å². The fourth-order valence-corrected chi connectivity index (χ4v) is 4.37. The van der Waals surface area contributed by atoms with Gasteiger partial charge in [0.15, 0.2) is 6.61 Å². The Bertz CT molecular complexity index is 1230. The number of fused-ring (bicyclic) bond motifs is 1. The number of hydrogen-bond donors (Lipinski definition) is 3. The summed E-state index contributed by atoms with van der Waals surface area (Å²) in [6, 6.07) is 22.8. The van der Waals surface area contributed by atoms with Gasteiger partial charge in [0.2, 0.25) is 5.91 Å². The molecule has 0 aliphatic carbocycles. The van der Waals surface area contributed by atoms with Gasteiger partial charge in [-0.1, -0.05) is 42.5 Å². The smallest absolute Gasteiger partial charge is 0.307 e. The van der Waals surface area contributed by atoms with E-state index in [2.05, 4.69) is 16.0 Å². The van der Waals surface area contributed by atoms with E-state index < -0.39 is 23.7 Å². The number of para-hydroxylation sites is 3. The molecule has 172 valence electrons. The van der Waals surface area contributed by atoms with Crippen molar-refractivity contribution >= 4 is 52.5 Å². The molecule has 1 atom stereocenters. The molecule has 1 aliphatic heterocycles. The molecular formula is C25H21N3O5S. The van der Waals surface area contributed by atoms with Crippen LogP contribution in [0.25, 0.3) is 0 Å². The Hall–Kier alpha value is -4.11. The van der Waals surface area contributed by atoms with Crippen LogP contribution in [0.15, 0.2) is 83.8 Å². The summed E-state index contributed by atoms with van der Waals surface area (Å²) in [6.45, 7) is -0.539. The fourth-order valence-electron chi connectivity index (χ4n) is 3.28. The molecule has 34 heavy (non-hydrogen) atoms. The summed E-state index contributed by atoms with van der Waals surface area (Å²) in [5.74, 6) is -1.94. The molecule has 1 heterocycles. The van der Waals surface area contributed by atoms with Crippen LogP contribution in [-0.2, 0) is 19.1 Å². The zero-order valence-electron chi connectivity index (χ0n) is 17.9. The molecule has 0 fully saturated rings. The lowest BCUT2D eigenvalue weighted by molar-refractivity contribution is -0.147. The van der Waals surface area contributed by atoms with Gasteiger partial charge in [0.25, 0.3) is 11.8 Å². The number of nitrogens with one attached hydrogen (secondary N) is 3. The predicted molar refractivity (Wildman–Crippen MR) is 130 cm³/mol. The molecule has 3 aromatic rings. The third-order valence-corrected chi connectivity index (χ3v) is 6.18. The summed E-state index contributed by atoms with van der Waals surface area (Å²) >= 11 is 1.28. The van der Waals surface area contributed by atoms with Crippen LogP contribution in [-0.4, -0.2) is 35.5 Å². The van der Waals surface area contributed by atoms with E-state index in [0.717, 1.165) is 4.90 Å². The van der Waals surface area contributed by atoms with Crippen molar-refractivity contribution in [1.29, 1.82) is 0 Å². The van der Waals surface area contributed by atoms with Crippen LogP contribution < -0.4 is 16.0 Å². The van der Waals surface area contributed by atoms with Crippen molar-refractivity contribution in [2.75, 3.05) is 22.6 Å². The number of esters is 1. The average molecular weight is 476 g/mol. The van der Waals surface area contributed by atoms with Gasteiger partial charge in [-0.3, -0.25) is 19.2 Å². The maximum atomic E-state index is 12.6. The Balaban J connectivity index is 1.30. The summed E-state index contributed by atoms with van der Waals surface area (Å²) in [5.41, 5.74) is 1.88. The minimum absolute atomic E-state index is 0.172. The lowest BCUT2D eigenvalue weighted by atomic mass is 10.1. The molecule has 4 rings (SSSR count). The number of thioether (sulfide) groups is 1. The van der Waals surface area contributed by atoms with Gasteiger partial charge in [-0.2, -0.15) is 0 Å². The van der Waals surface area contributed by atoms with Crippen molar-refractivity contribution in [2.24, 2.45) is 0 Å². The second-order valence-corrected chi connectivity index (χ2v) is 8.62. The van der Waals surface area contributed by atoms with Gasteiger partial charge in [0.1, 0.15) is 0 Å². The number of amides is 3. The van der Waals surface area contributed by atoms with E-state index in [1.165, 1.54) is 11.8 Å². The molecule has 9 heteroatoms. The highest BCUT2D eigenvalue weighted by molar-refractivity contribution is 8.01. The van der Waals surface area contributed by atoms with Crippen LogP contribution in [0.1, 0.15) is 16.8 Å². The summed E-state index contributed by atoms with van der Waals surface area (Å²) in [6.07, 6.45) is -0.172. The van der Waals surface area contributed by atoms with Gasteiger partial charge >= 0.3 is 5.97 Å². The van der Waals surface area contributed by atoms with Crippen LogP contribution in [0.2, 0.25) is 0 Å². The molecule has 0 bridgehead atoms. The molecule has 3 aromatic carbocycles. The topological polar surface area (TPSA) is 114 Å². The highest BCUT2D eigenvalue weighted by atomic mass is 32.2. The first kappa shape index (κ1) is 23.1. The summed E-state index contributed by atoms with van der Waals surface area (Å²) in [7, 11) is 0. The molecule has 0 aromatic heterocycles. The van der Waals surface area contributed by atoms with Crippen LogP contribution in [0, 0.1) is 0 Å². The van der Waals surface area contributed by atoms with Crippen LogP contribution in [0.4, 0.5) is 17.1 Å². The van der Waals surface area contributed by atoms with Crippen LogP contribution >= 0.6 is 11.8 Å². The number of carbonyl (C=O) groups is 4. The quantitative estimate of drug-likeness (QED) is 0.447. The highest BCUT2D eigenvalue weighted by Gasteiger charge is 2.29. The van der Waals surface area contributed by atoms with Gasteiger partial charge in [-0.15, -0.1) is 11.8 Å². The maximum absolute atomic E-state index is 12.6. The standard InChI is InChI=1S/C25H21N3O5S/c29-22(15-33-23(30)14-21-25(32)28-19-12-6-7-13-20(19)34-21)27-18-11-5-4-10-17(18)24(31)26-16-8-2-1-3-9-16/h1-13,21H,14-15H2,(H,26,31)(H,27,29)(H,28,32)/t21-/m1/s1. The van der Waals surface area contributed by atoms with Crippen LogP contribution in [0.3, 0.4) is 0 Å². The minimum atomic E-state index is -0.669. The van der Waals surface area contributed by atoms with E-state index in [1.54, 1.807) is 54.6 Å². The van der Waals surface area contributed by atoms with Gasteiger partial charge < -0.3 is 20.7 Å². The Morgan fingerprint density at radius 3 is 2.41 bits per heavy atom. The zero-order chi connectivity index (χ0) is 23.9. The van der Waals surface area contributed by atoms with Crippen molar-refractivity contribution in [3.63, 3.8) is 0 Å². The number of anilines is 3. The predicted octanol–water partition coefficient (Wildman–Crippen LogP) is 3.92. The lowest BCUT2D eigenvalue weighted by Crippen LogP contribution is -2.32. The molecule has 0 saturated carbocycles. The second-order valence-electron chi connectivity index (χ2n) is 7.37. The van der Waals surface area contributed by atoms with Crippen LogP contribution in [0.5, 0.6) is 0 Å². The first-order valence-electron chi connectivity index (χ1n) is 10.5. The Kier molecular flexibility index (Phi) is 7.24. The minimum Gasteiger partial charge on any atom is -0.456 e. The molecule has 0 spiro atoms. The number of ether oxygens (including phenoxy) is 1. The van der Waals surface area contributed by atoms with E-state index in [9.17, 15) is 19.2 Å². The van der Waals surface area contributed by atoms with Crippen molar-refractivity contribution in [3.05, 3.63) is 84.4 Å². The average Bonchev–Trinajstić information content (AvgIpc) is 2.84. The second kappa shape index (κ2) is 10.7. The Morgan fingerprint density at radius 1 is 0.882 bits per heavy atom. The van der Waals surface area contributed by atoms with Crippen molar-refractivity contribution < 1.29 is 23.9 Å². The van der Waals surface area contributed by atoms with Gasteiger partial charge in [-0.25, -0.2) is 0 Å². The fraction of sp³-hybridized carbons (Fsp3) is 0.120. The molecular weight excluding hydrogens is 454 g/mol. The number of hydrogen-bond acceptors (Lipinski definition) is 6. The SMILES string of the molecule is O=C(COC(=O)C[C@H]1Sc2ccccc2NC1=O)Nc1ccccc1C(=O)Nc1ccccc1. The van der Waals surface area contributed by atoms with E-state index in [1.807, 2.05) is 24.3 Å². The number of carbonyl (C=O) groups excluding carboxylic acids is 4. The molecule has 8 nitrogen and oxygen atoms in total. The summed E-state index contributed by atoms with van der Waals surface area (Å²) in [5, 5.41) is 7.48. The van der Waals surface area contributed by atoms with E-state index >= 15 is 0 Å². The normalized spacial score (nSPS) is 14.4. The zero-order valence-corrected chi connectivity index (χ0v) is 18.8. The van der Waals surface area contributed by atoms with E-state index in [0.29, 0.717) is 11.4 Å². The summed E-state index contributed by atoms with van der Waals surface area (Å²) in [4.78, 5) is 50.4. The van der Waals surface area contributed by atoms with Gasteiger partial charge in [-0.05, 0) is 36.4 Å². The molecule has 3 amide bonds. The number of benzene rings is 3.